The fourth-order valence-electron chi connectivity index (χ4n) is 2.52. The van der Waals surface area contributed by atoms with Gasteiger partial charge in [0.15, 0.2) is 0 Å². The number of para-hydroxylation sites is 1. The molecule has 21 heavy (non-hydrogen) atoms. The molecule has 3 nitrogen and oxygen atoms in total. The van der Waals surface area contributed by atoms with Crippen LogP contribution in [0.5, 0.6) is 0 Å². The average Bonchev–Trinajstić information content (AvgIpc) is 2.99. The number of hydrogen-bond donors (Lipinski definition) is 0. The molecule has 0 unspecified atom stereocenters. The second-order valence-electron chi connectivity index (χ2n) is 4.90. The lowest BCUT2D eigenvalue weighted by Gasteiger charge is -2.05. The van der Waals surface area contributed by atoms with Gasteiger partial charge in [0.2, 0.25) is 0 Å². The molecule has 0 aliphatic heterocycles. The van der Waals surface area contributed by atoms with Crippen LogP contribution in [0.1, 0.15) is 0 Å². The van der Waals surface area contributed by atoms with Crippen LogP contribution in [0, 0.1) is 0 Å². The number of hydrogen-bond acceptors (Lipinski definition) is 2. The van der Waals surface area contributed by atoms with Crippen LogP contribution in [-0.4, -0.2) is 14.8 Å². The molecule has 2 aromatic heterocycles. The predicted molar refractivity (Wildman–Crippen MR) is 84.3 cm³/mol. The highest BCUT2D eigenvalue weighted by Crippen LogP contribution is 2.25. The molecule has 2 aromatic carbocycles. The Kier molecular flexibility index (Phi) is 2.75. The quantitative estimate of drug-likeness (QED) is 0.550. The molecule has 100 valence electrons. The smallest absolute Gasteiger partial charge is 0.0747 e. The van der Waals surface area contributed by atoms with Crippen molar-refractivity contribution in [3.05, 3.63) is 79.3 Å². The van der Waals surface area contributed by atoms with E-state index in [0.717, 1.165) is 22.2 Å². The zero-order valence-electron chi connectivity index (χ0n) is 11.3. The highest BCUT2D eigenvalue weighted by molar-refractivity contribution is 5.85. The van der Waals surface area contributed by atoms with Gasteiger partial charge in [-0.2, -0.15) is 5.10 Å². The van der Waals surface area contributed by atoms with Crippen molar-refractivity contribution in [2.45, 2.75) is 0 Å². The third-order valence-corrected chi connectivity index (χ3v) is 3.59. The minimum Gasteiger partial charge on any atom is -0.265 e. The highest BCUT2D eigenvalue weighted by Gasteiger charge is 2.06. The van der Waals surface area contributed by atoms with E-state index in [0.29, 0.717) is 0 Å². The van der Waals surface area contributed by atoms with Crippen molar-refractivity contribution in [3.63, 3.8) is 0 Å². The molecule has 2 heterocycles. The summed E-state index contributed by atoms with van der Waals surface area (Å²) >= 11 is 0. The Balaban J connectivity index is 1.91. The Morgan fingerprint density at radius 2 is 1.57 bits per heavy atom. The standard InChI is InChI=1S/C18H13N3/c1-2-4-17(5-3-1)21-18-12-15(6-7-16(18)13-20-21)14-8-10-19-11-9-14/h1-13H. The first-order valence-electron chi connectivity index (χ1n) is 6.85. The Bertz CT molecular complexity index is 880. The Morgan fingerprint density at radius 1 is 0.762 bits per heavy atom. The van der Waals surface area contributed by atoms with E-state index in [2.05, 4.69) is 40.4 Å². The van der Waals surface area contributed by atoms with Crippen LogP contribution >= 0.6 is 0 Å². The van der Waals surface area contributed by atoms with Gasteiger partial charge in [-0.1, -0.05) is 30.3 Å². The van der Waals surface area contributed by atoms with Gasteiger partial charge in [0.05, 0.1) is 17.4 Å². The number of pyridine rings is 1. The molecule has 0 bridgehead atoms. The number of fused-ring (bicyclic) bond motifs is 1. The molecule has 0 radical (unpaired) electrons. The van der Waals surface area contributed by atoms with Crippen LogP contribution in [0.3, 0.4) is 0 Å². The summed E-state index contributed by atoms with van der Waals surface area (Å²) in [5.74, 6) is 0. The lowest BCUT2D eigenvalue weighted by atomic mass is 10.1. The third kappa shape index (κ3) is 2.09. The van der Waals surface area contributed by atoms with Crippen LogP contribution in [0.4, 0.5) is 0 Å². The van der Waals surface area contributed by atoms with Crippen molar-refractivity contribution in [3.8, 4) is 16.8 Å². The van der Waals surface area contributed by atoms with E-state index in [1.165, 1.54) is 5.56 Å². The van der Waals surface area contributed by atoms with Gasteiger partial charge in [-0.05, 0) is 41.5 Å². The molecule has 0 saturated carbocycles. The summed E-state index contributed by atoms with van der Waals surface area (Å²) in [5, 5.41) is 5.64. The molecule has 4 aromatic rings. The first kappa shape index (κ1) is 11.9. The lowest BCUT2D eigenvalue weighted by Crippen LogP contribution is -1.95. The van der Waals surface area contributed by atoms with Gasteiger partial charge in [-0.15, -0.1) is 0 Å². The summed E-state index contributed by atoms with van der Waals surface area (Å²) in [6.07, 6.45) is 5.53. The van der Waals surface area contributed by atoms with Crippen molar-refractivity contribution in [2.24, 2.45) is 0 Å². The lowest BCUT2D eigenvalue weighted by molar-refractivity contribution is 0.911. The van der Waals surface area contributed by atoms with E-state index in [-0.39, 0.29) is 0 Å². The van der Waals surface area contributed by atoms with E-state index in [4.69, 9.17) is 0 Å². The van der Waals surface area contributed by atoms with Crippen LogP contribution in [0.15, 0.2) is 79.3 Å². The molecule has 0 fully saturated rings. The monoisotopic (exact) mass is 271 g/mol. The minimum absolute atomic E-state index is 1.07. The maximum atomic E-state index is 4.50. The number of aromatic nitrogens is 3. The van der Waals surface area contributed by atoms with Crippen molar-refractivity contribution in [2.75, 3.05) is 0 Å². The van der Waals surface area contributed by atoms with Crippen LogP contribution < -0.4 is 0 Å². The van der Waals surface area contributed by atoms with E-state index in [1.54, 1.807) is 0 Å². The summed E-state index contributed by atoms with van der Waals surface area (Å²) in [6.45, 7) is 0. The molecular weight excluding hydrogens is 258 g/mol. The fraction of sp³-hybridized carbons (Fsp3) is 0. The van der Waals surface area contributed by atoms with E-state index in [9.17, 15) is 0 Å². The highest BCUT2D eigenvalue weighted by atomic mass is 15.3. The molecule has 0 amide bonds. The first-order valence-corrected chi connectivity index (χ1v) is 6.85. The summed E-state index contributed by atoms with van der Waals surface area (Å²) in [6, 6.07) is 20.6. The van der Waals surface area contributed by atoms with Gasteiger partial charge in [0.25, 0.3) is 0 Å². The van der Waals surface area contributed by atoms with Gasteiger partial charge in [-0.25, -0.2) is 4.68 Å². The molecule has 4 rings (SSSR count). The second-order valence-corrected chi connectivity index (χ2v) is 4.90. The van der Waals surface area contributed by atoms with Gasteiger partial charge in [-0.3, -0.25) is 4.98 Å². The topological polar surface area (TPSA) is 30.7 Å². The van der Waals surface area contributed by atoms with E-state index >= 15 is 0 Å². The van der Waals surface area contributed by atoms with Crippen molar-refractivity contribution in [1.29, 1.82) is 0 Å². The van der Waals surface area contributed by atoms with Crippen molar-refractivity contribution >= 4 is 10.9 Å². The number of nitrogens with zero attached hydrogens (tertiary/aromatic N) is 3. The van der Waals surface area contributed by atoms with Crippen molar-refractivity contribution in [1.82, 2.24) is 14.8 Å². The molecule has 0 spiro atoms. The molecule has 0 N–H and O–H groups in total. The maximum absolute atomic E-state index is 4.50. The Labute approximate surface area is 122 Å². The van der Waals surface area contributed by atoms with Gasteiger partial charge >= 0.3 is 0 Å². The van der Waals surface area contributed by atoms with E-state index < -0.39 is 0 Å². The normalized spacial score (nSPS) is 10.9. The molecule has 0 aliphatic rings. The van der Waals surface area contributed by atoms with Gasteiger partial charge in [0.1, 0.15) is 0 Å². The Hall–Kier alpha value is -2.94. The zero-order chi connectivity index (χ0) is 14.1. The van der Waals surface area contributed by atoms with Crippen LogP contribution in [0.2, 0.25) is 0 Å². The third-order valence-electron chi connectivity index (χ3n) is 3.59. The van der Waals surface area contributed by atoms with Gasteiger partial charge in [0, 0.05) is 17.8 Å². The van der Waals surface area contributed by atoms with E-state index in [1.807, 2.05) is 53.6 Å². The maximum Gasteiger partial charge on any atom is 0.0747 e. The number of rotatable bonds is 2. The largest absolute Gasteiger partial charge is 0.265 e. The zero-order valence-corrected chi connectivity index (χ0v) is 11.3. The molecule has 0 saturated heterocycles. The SMILES string of the molecule is c1ccc(-n2ncc3ccc(-c4ccncc4)cc32)cc1. The predicted octanol–water partition coefficient (Wildman–Crippen LogP) is 4.09. The second kappa shape index (κ2) is 4.87. The molecular formula is C18H13N3. The summed E-state index contributed by atoms with van der Waals surface area (Å²) in [7, 11) is 0. The summed E-state index contributed by atoms with van der Waals surface area (Å²) in [5.41, 5.74) is 4.50. The van der Waals surface area contributed by atoms with Crippen LogP contribution in [0.25, 0.3) is 27.7 Å². The summed E-state index contributed by atoms with van der Waals surface area (Å²) < 4.78 is 1.97. The number of benzene rings is 2. The molecule has 0 aliphatic carbocycles. The first-order chi connectivity index (χ1) is 10.4. The molecule has 3 heteroatoms. The average molecular weight is 271 g/mol. The Morgan fingerprint density at radius 3 is 2.38 bits per heavy atom. The summed E-state index contributed by atoms with van der Waals surface area (Å²) in [4.78, 5) is 4.07. The van der Waals surface area contributed by atoms with Crippen molar-refractivity contribution < 1.29 is 0 Å². The fourth-order valence-corrected chi connectivity index (χ4v) is 2.52. The van der Waals surface area contributed by atoms with Crippen LogP contribution in [-0.2, 0) is 0 Å². The minimum atomic E-state index is 1.07. The van der Waals surface area contributed by atoms with Gasteiger partial charge < -0.3 is 0 Å². The molecule has 0 atom stereocenters.